The predicted octanol–water partition coefficient (Wildman–Crippen LogP) is 5.55. The fourth-order valence-electron chi connectivity index (χ4n) is 4.24. The molecule has 2 aromatic rings. The number of nitrogen functional groups attached to an aromatic ring is 2. The first-order valence-corrected chi connectivity index (χ1v) is 15.1. The minimum absolute atomic E-state index is 0.0836. The first-order valence-electron chi connectivity index (χ1n) is 13.5. The van der Waals surface area contributed by atoms with Crippen molar-refractivity contribution in [2.45, 2.75) is 79.4 Å². The van der Waals surface area contributed by atoms with Crippen molar-refractivity contribution in [2.24, 2.45) is 0 Å². The van der Waals surface area contributed by atoms with Gasteiger partial charge in [-0.15, -0.1) is 0 Å². The normalized spacial score (nSPS) is 10.7. The minimum Gasteiger partial charge on any atom is -0.466 e. The molecular weight excluding hydrogens is 676 g/mol. The molecule has 0 saturated carbocycles. The van der Waals surface area contributed by atoms with Gasteiger partial charge in [-0.3, -0.25) is 19.2 Å². The highest BCUT2D eigenvalue weighted by Crippen LogP contribution is 2.31. The van der Waals surface area contributed by atoms with Crippen LogP contribution in [0.4, 0.5) is 11.4 Å². The Morgan fingerprint density at radius 2 is 1.02 bits per heavy atom. The summed E-state index contributed by atoms with van der Waals surface area (Å²) in [6, 6.07) is 3.76. The summed E-state index contributed by atoms with van der Waals surface area (Å²) in [6.07, 6.45) is 2.08. The van der Waals surface area contributed by atoms with Crippen LogP contribution in [-0.2, 0) is 64.2 Å². The standard InChI is InChI=1S/C30H38Br2N2O8/c1-17-23(15-41-19(3)35)21(13-25(31)29(17)33)7-5-11-39-27(37)9-10-28(38)40-12-6-8-22-14-26(32)30(34)18(2)24(22)16-42-20(4)36/h13-14H,5-12,15-16,33-34H2,1-4H3. The van der Waals surface area contributed by atoms with Crippen LogP contribution in [-0.4, -0.2) is 37.1 Å². The van der Waals surface area contributed by atoms with Gasteiger partial charge in [-0.05, 0) is 117 Å². The Bertz CT molecular complexity index is 1210. The van der Waals surface area contributed by atoms with Crippen LogP contribution in [0.25, 0.3) is 0 Å². The molecule has 0 spiro atoms. The van der Waals surface area contributed by atoms with Crippen molar-refractivity contribution in [3.63, 3.8) is 0 Å². The predicted molar refractivity (Wildman–Crippen MR) is 165 cm³/mol. The fraction of sp³-hybridized carbons (Fsp3) is 0.467. The highest BCUT2D eigenvalue weighted by molar-refractivity contribution is 9.11. The molecule has 0 radical (unpaired) electrons. The van der Waals surface area contributed by atoms with Crippen molar-refractivity contribution in [1.82, 2.24) is 0 Å². The van der Waals surface area contributed by atoms with Gasteiger partial charge < -0.3 is 30.4 Å². The third-order valence-electron chi connectivity index (χ3n) is 6.68. The van der Waals surface area contributed by atoms with E-state index in [0.717, 1.165) is 42.3 Å². The van der Waals surface area contributed by atoms with Crippen LogP contribution in [0.1, 0.15) is 72.9 Å². The first-order chi connectivity index (χ1) is 19.8. The first kappa shape index (κ1) is 35.1. The van der Waals surface area contributed by atoms with Crippen molar-refractivity contribution in [3.8, 4) is 0 Å². The summed E-state index contributed by atoms with van der Waals surface area (Å²) in [6.45, 7) is 7.00. The summed E-state index contributed by atoms with van der Waals surface area (Å²) in [5.74, 6) is -1.74. The summed E-state index contributed by atoms with van der Waals surface area (Å²) >= 11 is 6.90. The fourth-order valence-corrected chi connectivity index (χ4v) is 5.39. The zero-order valence-electron chi connectivity index (χ0n) is 24.4. The highest BCUT2D eigenvalue weighted by atomic mass is 79.9. The second-order valence-electron chi connectivity index (χ2n) is 9.78. The van der Waals surface area contributed by atoms with Crippen molar-refractivity contribution >= 4 is 67.1 Å². The second-order valence-corrected chi connectivity index (χ2v) is 11.5. The minimum atomic E-state index is -0.487. The summed E-state index contributed by atoms with van der Waals surface area (Å²) in [4.78, 5) is 46.9. The number of benzene rings is 2. The van der Waals surface area contributed by atoms with E-state index in [4.69, 9.17) is 30.4 Å². The van der Waals surface area contributed by atoms with E-state index in [1.165, 1.54) is 13.8 Å². The van der Waals surface area contributed by atoms with Gasteiger partial charge in [-0.25, -0.2) is 0 Å². The molecule has 0 amide bonds. The molecule has 0 unspecified atom stereocenters. The molecule has 0 saturated heterocycles. The molecule has 2 rings (SSSR count). The Morgan fingerprint density at radius 3 is 1.36 bits per heavy atom. The lowest BCUT2D eigenvalue weighted by atomic mass is 9.97. The molecule has 4 N–H and O–H groups in total. The average Bonchev–Trinajstić information content (AvgIpc) is 2.93. The number of carbonyl (C=O) groups is 4. The van der Waals surface area contributed by atoms with E-state index in [2.05, 4.69) is 31.9 Å². The van der Waals surface area contributed by atoms with Crippen LogP contribution in [0.3, 0.4) is 0 Å². The second kappa shape index (κ2) is 17.1. The number of carbonyl (C=O) groups excluding carboxylic acids is 4. The number of halogens is 2. The molecule has 0 atom stereocenters. The monoisotopic (exact) mass is 712 g/mol. The molecule has 42 heavy (non-hydrogen) atoms. The number of nitrogens with two attached hydrogens (primary N) is 2. The molecule has 0 fully saturated rings. The number of rotatable bonds is 15. The molecule has 0 bridgehead atoms. The Labute approximate surface area is 263 Å². The largest absolute Gasteiger partial charge is 0.466 e. The van der Waals surface area contributed by atoms with E-state index in [1.54, 1.807) is 0 Å². The summed E-state index contributed by atoms with van der Waals surface area (Å²) in [7, 11) is 0. The summed E-state index contributed by atoms with van der Waals surface area (Å²) < 4.78 is 22.4. The Balaban J connectivity index is 1.75. The third kappa shape index (κ3) is 10.9. The van der Waals surface area contributed by atoms with E-state index in [0.29, 0.717) is 37.1 Å². The number of ether oxygens (including phenoxy) is 4. The molecule has 0 aliphatic rings. The lowest BCUT2D eigenvalue weighted by Gasteiger charge is -2.16. The van der Waals surface area contributed by atoms with Gasteiger partial charge in [0, 0.05) is 34.2 Å². The van der Waals surface area contributed by atoms with Crippen LogP contribution >= 0.6 is 31.9 Å². The zero-order valence-corrected chi connectivity index (χ0v) is 27.6. The van der Waals surface area contributed by atoms with Gasteiger partial charge in [0.15, 0.2) is 0 Å². The van der Waals surface area contributed by atoms with Gasteiger partial charge in [0.05, 0.1) is 26.1 Å². The van der Waals surface area contributed by atoms with Gasteiger partial charge in [-0.1, -0.05) is 0 Å². The van der Waals surface area contributed by atoms with Crippen molar-refractivity contribution in [2.75, 3.05) is 24.7 Å². The molecule has 2 aromatic carbocycles. The molecule has 10 nitrogen and oxygen atoms in total. The van der Waals surface area contributed by atoms with Crippen molar-refractivity contribution in [1.29, 1.82) is 0 Å². The van der Waals surface area contributed by atoms with Gasteiger partial charge >= 0.3 is 23.9 Å². The number of aryl methyl sites for hydroxylation is 2. The summed E-state index contributed by atoms with van der Waals surface area (Å²) in [5.41, 5.74) is 18.6. The third-order valence-corrected chi connectivity index (χ3v) is 8.00. The lowest BCUT2D eigenvalue weighted by Crippen LogP contribution is -2.13. The SMILES string of the molecule is CC(=O)OCc1c(CCCOC(=O)CCC(=O)OCCCc2cc(Br)c(N)c(C)c2COC(C)=O)cc(Br)c(N)c1C. The van der Waals surface area contributed by atoms with E-state index in [1.807, 2.05) is 26.0 Å². The maximum absolute atomic E-state index is 12.1. The van der Waals surface area contributed by atoms with Crippen LogP contribution in [0, 0.1) is 13.8 Å². The molecule has 12 heteroatoms. The molecule has 0 aliphatic heterocycles. The number of hydrogen-bond acceptors (Lipinski definition) is 10. The molecule has 0 aromatic heterocycles. The quantitative estimate of drug-likeness (QED) is 0.104. The molecule has 0 aliphatic carbocycles. The smallest absolute Gasteiger partial charge is 0.306 e. The van der Waals surface area contributed by atoms with E-state index in [9.17, 15) is 19.2 Å². The van der Waals surface area contributed by atoms with Crippen LogP contribution in [0.15, 0.2) is 21.1 Å². The van der Waals surface area contributed by atoms with Gasteiger partial charge in [0.2, 0.25) is 0 Å². The van der Waals surface area contributed by atoms with E-state index in [-0.39, 0.29) is 51.2 Å². The van der Waals surface area contributed by atoms with Crippen molar-refractivity contribution in [3.05, 3.63) is 54.5 Å². The molecule has 230 valence electrons. The number of hydrogen-bond donors (Lipinski definition) is 2. The van der Waals surface area contributed by atoms with Crippen LogP contribution in [0.5, 0.6) is 0 Å². The van der Waals surface area contributed by atoms with Crippen LogP contribution < -0.4 is 11.5 Å². The highest BCUT2D eigenvalue weighted by Gasteiger charge is 2.16. The van der Waals surface area contributed by atoms with Crippen molar-refractivity contribution < 1.29 is 38.1 Å². The van der Waals surface area contributed by atoms with E-state index < -0.39 is 11.9 Å². The topological polar surface area (TPSA) is 157 Å². The summed E-state index contributed by atoms with van der Waals surface area (Å²) in [5, 5.41) is 0. The Morgan fingerprint density at radius 1 is 0.667 bits per heavy atom. The molecular formula is C30H38Br2N2O8. The maximum Gasteiger partial charge on any atom is 0.306 e. The Hall–Kier alpha value is -3.12. The van der Waals surface area contributed by atoms with Gasteiger partial charge in [0.1, 0.15) is 13.2 Å². The van der Waals surface area contributed by atoms with Crippen LogP contribution in [0.2, 0.25) is 0 Å². The zero-order chi connectivity index (χ0) is 31.4. The number of esters is 4. The van der Waals surface area contributed by atoms with Gasteiger partial charge in [0.25, 0.3) is 0 Å². The lowest BCUT2D eigenvalue weighted by molar-refractivity contribution is -0.150. The molecule has 0 heterocycles. The van der Waals surface area contributed by atoms with E-state index >= 15 is 0 Å². The average molecular weight is 714 g/mol. The number of anilines is 2. The Kier molecular flexibility index (Phi) is 14.3. The maximum atomic E-state index is 12.1. The van der Waals surface area contributed by atoms with Gasteiger partial charge in [-0.2, -0.15) is 0 Å².